The minimum atomic E-state index is -0.807. The molecule has 0 spiro atoms. The summed E-state index contributed by atoms with van der Waals surface area (Å²) in [7, 11) is 0. The molecule has 0 bridgehead atoms. The number of carboxylic acids is 1. The molecule has 0 amide bonds. The van der Waals surface area contributed by atoms with Crippen LogP contribution >= 0.6 is 11.8 Å². The lowest BCUT2D eigenvalue weighted by Gasteiger charge is -2.16. The second-order valence-electron chi connectivity index (χ2n) is 5.59. The number of carboxylic acid groups (broad SMARTS) is 1. The van der Waals surface area contributed by atoms with E-state index in [0.29, 0.717) is 12.4 Å². The van der Waals surface area contributed by atoms with Crippen molar-refractivity contribution in [3.8, 4) is 5.75 Å². The first kappa shape index (κ1) is 15.9. The van der Waals surface area contributed by atoms with E-state index in [2.05, 4.69) is 24.4 Å². The number of thioether (sulfide) groups is 1. The molecule has 0 aromatic heterocycles. The highest BCUT2D eigenvalue weighted by atomic mass is 32.2. The van der Waals surface area contributed by atoms with Crippen LogP contribution in [-0.4, -0.2) is 22.9 Å². The van der Waals surface area contributed by atoms with Crippen molar-refractivity contribution < 1.29 is 14.6 Å². The zero-order valence-corrected chi connectivity index (χ0v) is 13.7. The third-order valence-electron chi connectivity index (χ3n) is 3.76. The van der Waals surface area contributed by atoms with Gasteiger partial charge in [-0.2, -0.15) is 0 Å². The van der Waals surface area contributed by atoms with Gasteiger partial charge in [-0.25, -0.2) is 0 Å². The van der Waals surface area contributed by atoms with E-state index in [1.807, 2.05) is 36.4 Å². The predicted octanol–water partition coefficient (Wildman–Crippen LogP) is 3.36. The Morgan fingerprint density at radius 3 is 2.87 bits per heavy atom. The summed E-state index contributed by atoms with van der Waals surface area (Å²) in [6, 6.07) is 15.5. The zero-order valence-electron chi connectivity index (χ0n) is 12.9. The van der Waals surface area contributed by atoms with Crippen LogP contribution in [0.3, 0.4) is 0 Å². The van der Waals surface area contributed by atoms with E-state index in [1.165, 1.54) is 5.56 Å². The maximum absolute atomic E-state index is 11.1. The summed E-state index contributed by atoms with van der Waals surface area (Å²) in [5, 5.41) is 12.2. The van der Waals surface area contributed by atoms with Gasteiger partial charge in [0.2, 0.25) is 0 Å². The number of aliphatic carboxylic acids is 1. The summed E-state index contributed by atoms with van der Waals surface area (Å²) in [5.41, 5.74) is 3.32. The smallest absolute Gasteiger partial charge is 0.321 e. The fraction of sp³-hybridized carbons (Fsp3) is 0.278. The maximum Gasteiger partial charge on any atom is 0.321 e. The molecule has 1 heterocycles. The molecule has 5 heteroatoms. The SMILES string of the molecule is Cc1cccc(COc2ccccc2C2NC(C(=O)O)CS2)c1. The zero-order chi connectivity index (χ0) is 16.2. The van der Waals surface area contributed by atoms with Crippen LogP contribution in [0.4, 0.5) is 0 Å². The van der Waals surface area contributed by atoms with E-state index < -0.39 is 12.0 Å². The summed E-state index contributed by atoms with van der Waals surface area (Å²) in [6.07, 6.45) is 0. The summed E-state index contributed by atoms with van der Waals surface area (Å²) in [4.78, 5) is 11.1. The van der Waals surface area contributed by atoms with Crippen LogP contribution in [0, 0.1) is 6.92 Å². The second-order valence-corrected chi connectivity index (χ2v) is 6.72. The minimum Gasteiger partial charge on any atom is -0.489 e. The average Bonchev–Trinajstić information content (AvgIpc) is 3.03. The normalized spacial score (nSPS) is 20.4. The first-order valence-electron chi connectivity index (χ1n) is 7.51. The Bertz CT molecular complexity index is 704. The van der Waals surface area contributed by atoms with Crippen molar-refractivity contribution in [2.24, 2.45) is 0 Å². The van der Waals surface area contributed by atoms with Crippen LogP contribution in [0.1, 0.15) is 22.1 Å². The Hall–Kier alpha value is -1.98. The number of hydrogen-bond donors (Lipinski definition) is 2. The summed E-state index contributed by atoms with van der Waals surface area (Å²) in [5.74, 6) is 0.551. The van der Waals surface area contributed by atoms with Gasteiger partial charge in [0, 0.05) is 11.3 Å². The molecule has 1 fully saturated rings. The van der Waals surface area contributed by atoms with Gasteiger partial charge in [0.1, 0.15) is 18.4 Å². The van der Waals surface area contributed by atoms with Gasteiger partial charge in [-0.15, -0.1) is 11.8 Å². The molecule has 2 N–H and O–H groups in total. The quantitative estimate of drug-likeness (QED) is 0.881. The number of benzene rings is 2. The van der Waals surface area contributed by atoms with Crippen molar-refractivity contribution in [1.82, 2.24) is 5.32 Å². The molecule has 0 saturated carbocycles. The molecule has 1 aliphatic rings. The Morgan fingerprint density at radius 2 is 2.13 bits per heavy atom. The Kier molecular flexibility index (Phi) is 4.88. The van der Waals surface area contributed by atoms with Crippen LogP contribution in [0.5, 0.6) is 5.75 Å². The van der Waals surface area contributed by atoms with Crippen molar-refractivity contribution in [2.45, 2.75) is 24.9 Å². The highest BCUT2D eigenvalue weighted by Crippen LogP contribution is 2.37. The lowest BCUT2D eigenvalue weighted by Crippen LogP contribution is -2.33. The largest absolute Gasteiger partial charge is 0.489 e. The summed E-state index contributed by atoms with van der Waals surface area (Å²) < 4.78 is 5.99. The van der Waals surface area contributed by atoms with Gasteiger partial charge in [0.05, 0.1) is 5.37 Å². The molecule has 2 aromatic rings. The van der Waals surface area contributed by atoms with E-state index in [0.717, 1.165) is 16.9 Å². The van der Waals surface area contributed by atoms with Crippen molar-refractivity contribution >= 4 is 17.7 Å². The van der Waals surface area contributed by atoms with E-state index in [4.69, 9.17) is 9.84 Å². The fourth-order valence-corrected chi connectivity index (χ4v) is 3.84. The molecular formula is C18H19NO3S. The molecule has 1 aliphatic heterocycles. The maximum atomic E-state index is 11.1. The second kappa shape index (κ2) is 7.06. The fourth-order valence-electron chi connectivity index (χ4n) is 2.59. The van der Waals surface area contributed by atoms with E-state index >= 15 is 0 Å². The predicted molar refractivity (Wildman–Crippen MR) is 91.7 cm³/mol. The lowest BCUT2D eigenvalue weighted by atomic mass is 10.1. The van der Waals surface area contributed by atoms with Gasteiger partial charge >= 0.3 is 5.97 Å². The van der Waals surface area contributed by atoms with E-state index in [9.17, 15) is 4.79 Å². The molecule has 0 aliphatic carbocycles. The lowest BCUT2D eigenvalue weighted by molar-refractivity contribution is -0.138. The number of carbonyl (C=O) groups is 1. The van der Waals surface area contributed by atoms with Crippen LogP contribution in [0.2, 0.25) is 0 Å². The molecule has 120 valence electrons. The van der Waals surface area contributed by atoms with Crippen LogP contribution < -0.4 is 10.1 Å². The number of aryl methyl sites for hydroxylation is 1. The van der Waals surface area contributed by atoms with E-state index in [1.54, 1.807) is 11.8 Å². The van der Waals surface area contributed by atoms with Gasteiger partial charge in [0.25, 0.3) is 0 Å². The van der Waals surface area contributed by atoms with Crippen molar-refractivity contribution in [1.29, 1.82) is 0 Å². The Morgan fingerprint density at radius 1 is 1.30 bits per heavy atom. The monoisotopic (exact) mass is 329 g/mol. The topological polar surface area (TPSA) is 58.6 Å². The molecule has 3 rings (SSSR count). The molecule has 1 saturated heterocycles. The van der Waals surface area contributed by atoms with Crippen LogP contribution in [0.25, 0.3) is 0 Å². The van der Waals surface area contributed by atoms with Gasteiger partial charge in [-0.05, 0) is 18.6 Å². The van der Waals surface area contributed by atoms with Crippen molar-refractivity contribution in [3.63, 3.8) is 0 Å². The van der Waals surface area contributed by atoms with Crippen molar-refractivity contribution in [2.75, 3.05) is 5.75 Å². The highest BCUT2D eigenvalue weighted by Gasteiger charge is 2.31. The molecule has 2 unspecified atom stereocenters. The van der Waals surface area contributed by atoms with Gasteiger partial charge < -0.3 is 9.84 Å². The Balaban J connectivity index is 1.72. The number of para-hydroxylation sites is 1. The first-order chi connectivity index (χ1) is 11.1. The number of rotatable bonds is 5. The standard InChI is InChI=1S/C18H19NO3S/c1-12-5-4-6-13(9-12)10-22-16-8-3-2-7-14(16)17-19-15(11-23-17)18(20)21/h2-9,15,17,19H,10-11H2,1H3,(H,20,21). The molecule has 2 atom stereocenters. The summed E-state index contributed by atoms with van der Waals surface area (Å²) >= 11 is 1.60. The summed E-state index contributed by atoms with van der Waals surface area (Å²) in [6.45, 7) is 2.56. The first-order valence-corrected chi connectivity index (χ1v) is 8.56. The molecule has 0 radical (unpaired) electrons. The molecule has 2 aromatic carbocycles. The third-order valence-corrected chi connectivity index (χ3v) is 5.01. The number of hydrogen-bond acceptors (Lipinski definition) is 4. The van der Waals surface area contributed by atoms with Crippen LogP contribution in [0.15, 0.2) is 48.5 Å². The van der Waals surface area contributed by atoms with Gasteiger partial charge in [-0.1, -0.05) is 48.0 Å². The number of ether oxygens (including phenoxy) is 1. The molecule has 23 heavy (non-hydrogen) atoms. The highest BCUT2D eigenvalue weighted by molar-refractivity contribution is 7.99. The third kappa shape index (κ3) is 3.86. The molecule has 4 nitrogen and oxygen atoms in total. The van der Waals surface area contributed by atoms with Gasteiger partial charge in [0.15, 0.2) is 0 Å². The van der Waals surface area contributed by atoms with E-state index in [-0.39, 0.29) is 5.37 Å². The van der Waals surface area contributed by atoms with Crippen LogP contribution in [-0.2, 0) is 11.4 Å². The van der Waals surface area contributed by atoms with Crippen molar-refractivity contribution in [3.05, 3.63) is 65.2 Å². The minimum absolute atomic E-state index is 0.0511. The molecular weight excluding hydrogens is 310 g/mol. The number of nitrogens with one attached hydrogen (secondary N) is 1. The van der Waals surface area contributed by atoms with Gasteiger partial charge in [-0.3, -0.25) is 10.1 Å². The Labute approximate surface area is 139 Å². The average molecular weight is 329 g/mol.